The monoisotopic (exact) mass is 404 g/mol. The van der Waals surface area contributed by atoms with Crippen LogP contribution in [0.4, 0.5) is 0 Å². The molecule has 0 saturated heterocycles. The van der Waals surface area contributed by atoms with Gasteiger partial charge in [0.15, 0.2) is 11.8 Å². The average molecular weight is 404 g/mol. The first-order valence-corrected chi connectivity index (χ1v) is 7.20. The van der Waals surface area contributed by atoms with Gasteiger partial charge in [0.2, 0.25) is 0 Å². The van der Waals surface area contributed by atoms with Gasteiger partial charge in [-0.3, -0.25) is 4.99 Å². The number of nitrogens with one attached hydrogen (secondary N) is 1. The lowest BCUT2D eigenvalue weighted by atomic mass is 10.3. The van der Waals surface area contributed by atoms with E-state index in [0.717, 1.165) is 50.0 Å². The number of allylic oxidation sites excluding steroid dienone is 1. The fraction of sp³-hybridized carbons (Fsp3) is 0.643. The molecule has 7 heteroatoms. The molecule has 0 aliphatic carbocycles. The van der Waals surface area contributed by atoms with Crippen LogP contribution in [0.2, 0.25) is 0 Å². The number of aromatic nitrogens is 3. The van der Waals surface area contributed by atoms with Gasteiger partial charge in [-0.25, -0.2) is 0 Å². The molecule has 1 aliphatic rings. The van der Waals surface area contributed by atoms with Gasteiger partial charge in [-0.05, 0) is 19.3 Å². The Labute approximate surface area is 143 Å². The summed E-state index contributed by atoms with van der Waals surface area (Å²) in [7, 11) is 3.85. The van der Waals surface area contributed by atoms with Crippen molar-refractivity contribution in [2.24, 2.45) is 4.99 Å². The molecule has 0 fully saturated rings. The van der Waals surface area contributed by atoms with Gasteiger partial charge in [-0.1, -0.05) is 6.08 Å². The molecule has 0 bridgehead atoms. The standard InChI is InChI=1S/C14H24N6.HI/c1-4-5-6-9-19(3)14(15-2)16-11-13-18-17-12-8-7-10-20(12)13;/h4H,1,5-11H2,2-3H3,(H,15,16);1H. The Morgan fingerprint density at radius 2 is 2.33 bits per heavy atom. The second-order valence-electron chi connectivity index (χ2n) is 5.04. The Kier molecular flexibility index (Phi) is 7.69. The summed E-state index contributed by atoms with van der Waals surface area (Å²) < 4.78 is 2.21. The number of hydrogen-bond acceptors (Lipinski definition) is 3. The molecule has 0 radical (unpaired) electrons. The molecule has 2 rings (SSSR count). The van der Waals surface area contributed by atoms with Gasteiger partial charge in [0, 0.05) is 33.6 Å². The summed E-state index contributed by atoms with van der Waals surface area (Å²) in [5.74, 6) is 3.00. The van der Waals surface area contributed by atoms with Crippen molar-refractivity contribution in [3.05, 3.63) is 24.3 Å². The third-order valence-electron chi connectivity index (χ3n) is 3.57. The summed E-state index contributed by atoms with van der Waals surface area (Å²) in [6, 6.07) is 0. The Hall–Kier alpha value is -1.12. The maximum Gasteiger partial charge on any atom is 0.193 e. The highest BCUT2D eigenvalue weighted by Crippen LogP contribution is 2.13. The molecular formula is C14H25IN6. The molecular weight excluding hydrogens is 379 g/mol. The van der Waals surface area contributed by atoms with Crippen LogP contribution in [0.25, 0.3) is 0 Å². The van der Waals surface area contributed by atoms with Gasteiger partial charge >= 0.3 is 0 Å². The van der Waals surface area contributed by atoms with Crippen molar-refractivity contribution in [1.82, 2.24) is 25.0 Å². The van der Waals surface area contributed by atoms with Crippen LogP contribution in [0.3, 0.4) is 0 Å². The fourth-order valence-electron chi connectivity index (χ4n) is 2.46. The van der Waals surface area contributed by atoms with E-state index >= 15 is 0 Å². The van der Waals surface area contributed by atoms with Crippen molar-refractivity contribution in [3.63, 3.8) is 0 Å². The number of guanidine groups is 1. The van der Waals surface area contributed by atoms with E-state index in [1.165, 1.54) is 6.42 Å². The summed E-state index contributed by atoms with van der Waals surface area (Å²) >= 11 is 0. The van der Waals surface area contributed by atoms with Crippen LogP contribution in [0.1, 0.15) is 30.9 Å². The molecule has 0 amide bonds. The average Bonchev–Trinajstić information content (AvgIpc) is 3.04. The van der Waals surface area contributed by atoms with Crippen molar-refractivity contribution in [1.29, 1.82) is 0 Å². The summed E-state index contributed by atoms with van der Waals surface area (Å²) in [4.78, 5) is 6.44. The Morgan fingerprint density at radius 1 is 1.52 bits per heavy atom. The zero-order valence-electron chi connectivity index (χ0n) is 12.9. The predicted molar refractivity (Wildman–Crippen MR) is 96.0 cm³/mol. The molecule has 1 aromatic heterocycles. The second kappa shape index (κ2) is 9.01. The van der Waals surface area contributed by atoms with Gasteiger partial charge in [0.1, 0.15) is 5.82 Å². The molecule has 6 nitrogen and oxygen atoms in total. The van der Waals surface area contributed by atoms with E-state index in [0.29, 0.717) is 6.54 Å². The van der Waals surface area contributed by atoms with Crippen LogP contribution < -0.4 is 5.32 Å². The molecule has 118 valence electrons. The molecule has 0 unspecified atom stereocenters. The van der Waals surface area contributed by atoms with E-state index in [2.05, 4.69) is 36.6 Å². The highest BCUT2D eigenvalue weighted by atomic mass is 127. The first-order valence-electron chi connectivity index (χ1n) is 7.20. The molecule has 0 atom stereocenters. The number of aryl methyl sites for hydroxylation is 1. The van der Waals surface area contributed by atoms with Crippen LogP contribution in [-0.2, 0) is 19.5 Å². The minimum atomic E-state index is 0. The molecule has 1 N–H and O–H groups in total. The number of hydrogen-bond donors (Lipinski definition) is 1. The van der Waals surface area contributed by atoms with E-state index in [-0.39, 0.29) is 24.0 Å². The lowest BCUT2D eigenvalue weighted by molar-refractivity contribution is 0.467. The molecule has 2 heterocycles. The molecule has 0 spiro atoms. The highest BCUT2D eigenvalue weighted by molar-refractivity contribution is 14.0. The Morgan fingerprint density at radius 3 is 3.05 bits per heavy atom. The zero-order valence-corrected chi connectivity index (χ0v) is 15.2. The van der Waals surface area contributed by atoms with Crippen LogP contribution in [0.5, 0.6) is 0 Å². The van der Waals surface area contributed by atoms with Crippen LogP contribution in [0.15, 0.2) is 17.6 Å². The minimum absolute atomic E-state index is 0. The zero-order chi connectivity index (χ0) is 14.4. The van der Waals surface area contributed by atoms with Crippen molar-refractivity contribution >= 4 is 29.9 Å². The third-order valence-corrected chi connectivity index (χ3v) is 3.57. The minimum Gasteiger partial charge on any atom is -0.349 e. The SMILES string of the molecule is C=CCCCN(C)C(=NC)NCc1nnc2n1CCC2.I. The first kappa shape index (κ1) is 17.9. The smallest absolute Gasteiger partial charge is 0.193 e. The van der Waals surface area contributed by atoms with E-state index < -0.39 is 0 Å². The summed E-state index contributed by atoms with van der Waals surface area (Å²) in [6.07, 6.45) is 6.28. The predicted octanol–water partition coefficient (Wildman–Crippen LogP) is 1.82. The van der Waals surface area contributed by atoms with Crippen molar-refractivity contribution in [2.75, 3.05) is 20.6 Å². The quantitative estimate of drug-likeness (QED) is 0.258. The molecule has 0 saturated carbocycles. The topological polar surface area (TPSA) is 58.3 Å². The number of fused-ring (bicyclic) bond motifs is 1. The van der Waals surface area contributed by atoms with Gasteiger partial charge in [-0.2, -0.15) is 0 Å². The summed E-state index contributed by atoms with van der Waals surface area (Å²) in [5, 5.41) is 11.8. The maximum absolute atomic E-state index is 4.31. The van der Waals surface area contributed by atoms with Crippen LogP contribution in [0, 0.1) is 0 Å². The van der Waals surface area contributed by atoms with E-state index in [4.69, 9.17) is 0 Å². The number of rotatable bonds is 6. The lowest BCUT2D eigenvalue weighted by Crippen LogP contribution is -2.39. The molecule has 1 aliphatic heterocycles. The van der Waals surface area contributed by atoms with E-state index in [1.54, 1.807) is 7.05 Å². The van der Waals surface area contributed by atoms with Crippen molar-refractivity contribution < 1.29 is 0 Å². The number of nitrogens with zero attached hydrogens (tertiary/aromatic N) is 5. The molecule has 1 aromatic rings. The highest BCUT2D eigenvalue weighted by Gasteiger charge is 2.17. The summed E-state index contributed by atoms with van der Waals surface area (Å²) in [6.45, 7) is 6.41. The third kappa shape index (κ3) is 4.69. The van der Waals surface area contributed by atoms with E-state index in [9.17, 15) is 0 Å². The van der Waals surface area contributed by atoms with Gasteiger partial charge in [0.25, 0.3) is 0 Å². The van der Waals surface area contributed by atoms with Gasteiger partial charge in [-0.15, -0.1) is 40.8 Å². The number of aliphatic imine (C=N–C) groups is 1. The van der Waals surface area contributed by atoms with Gasteiger partial charge < -0.3 is 14.8 Å². The first-order chi connectivity index (χ1) is 9.76. The Balaban J connectivity index is 0.00000220. The second-order valence-corrected chi connectivity index (χ2v) is 5.04. The van der Waals surface area contributed by atoms with Crippen LogP contribution >= 0.6 is 24.0 Å². The number of unbranched alkanes of at least 4 members (excludes halogenated alkanes) is 1. The van der Waals surface area contributed by atoms with Crippen molar-refractivity contribution in [2.45, 2.75) is 38.8 Å². The van der Waals surface area contributed by atoms with Crippen molar-refractivity contribution in [3.8, 4) is 0 Å². The largest absolute Gasteiger partial charge is 0.349 e. The number of halogens is 1. The fourth-order valence-corrected chi connectivity index (χ4v) is 2.46. The van der Waals surface area contributed by atoms with Gasteiger partial charge in [0.05, 0.1) is 6.54 Å². The Bertz CT molecular complexity index is 482. The normalized spacial score (nSPS) is 13.5. The van der Waals surface area contributed by atoms with Crippen LogP contribution in [-0.4, -0.2) is 46.3 Å². The lowest BCUT2D eigenvalue weighted by Gasteiger charge is -2.21. The maximum atomic E-state index is 4.31. The summed E-state index contributed by atoms with van der Waals surface area (Å²) in [5.41, 5.74) is 0. The molecule has 0 aromatic carbocycles. The molecule has 21 heavy (non-hydrogen) atoms. The van der Waals surface area contributed by atoms with E-state index in [1.807, 2.05) is 13.1 Å².